The molecule has 0 saturated carbocycles. The van der Waals surface area contributed by atoms with Gasteiger partial charge in [-0.15, -0.1) is 0 Å². The Kier molecular flexibility index (Phi) is 3.00. The first-order valence-electron chi connectivity index (χ1n) is 5.09. The van der Waals surface area contributed by atoms with Crippen LogP contribution in [-0.4, -0.2) is 34.5 Å². The third-order valence-corrected chi connectivity index (χ3v) is 2.96. The summed E-state index contributed by atoms with van der Waals surface area (Å²) in [6.07, 6.45) is 1.83. The average molecular weight is 286 g/mol. The normalized spacial score (nSPS) is 15.4. The Morgan fingerprint density at radius 3 is 2.94 bits per heavy atom. The lowest BCUT2D eigenvalue weighted by atomic mass is 10.3. The molecule has 1 aromatic heterocycles. The number of imide groups is 1. The van der Waals surface area contributed by atoms with E-state index in [-0.39, 0.29) is 11.9 Å². The fourth-order valence-corrected chi connectivity index (χ4v) is 2.18. The molecule has 0 unspecified atom stereocenters. The van der Waals surface area contributed by atoms with Crippen LogP contribution in [0.15, 0.2) is 16.7 Å². The van der Waals surface area contributed by atoms with Gasteiger partial charge in [-0.3, -0.25) is 9.69 Å². The molecule has 5 nitrogen and oxygen atoms in total. The predicted molar refractivity (Wildman–Crippen MR) is 62.2 cm³/mol. The van der Waals surface area contributed by atoms with Crippen LogP contribution in [0.1, 0.15) is 17.4 Å². The van der Waals surface area contributed by atoms with Crippen LogP contribution in [0, 0.1) is 0 Å². The van der Waals surface area contributed by atoms with Crippen LogP contribution in [0.25, 0.3) is 0 Å². The van der Waals surface area contributed by atoms with Crippen LogP contribution in [0.3, 0.4) is 0 Å². The van der Waals surface area contributed by atoms with Gasteiger partial charge in [-0.25, -0.2) is 4.79 Å². The zero-order valence-corrected chi connectivity index (χ0v) is 10.5. The Bertz CT molecular complexity index is 441. The number of aromatic nitrogens is 1. The molecular formula is C10H12BrN3O2. The molecule has 2 heterocycles. The van der Waals surface area contributed by atoms with Crippen molar-refractivity contribution in [3.05, 3.63) is 22.4 Å². The maximum absolute atomic E-state index is 12.1. The lowest BCUT2D eigenvalue weighted by Gasteiger charge is -2.13. The Hall–Kier alpha value is -1.30. The molecule has 3 amide bonds. The molecule has 1 fully saturated rings. The predicted octanol–water partition coefficient (Wildman–Crippen LogP) is 1.44. The van der Waals surface area contributed by atoms with Crippen molar-refractivity contribution in [1.82, 2.24) is 14.8 Å². The largest absolute Gasteiger partial charge is 0.343 e. The molecule has 2 rings (SSSR count). The first-order chi connectivity index (χ1) is 7.63. The number of nitrogens with one attached hydrogen (secondary N) is 1. The smallest absolute Gasteiger partial charge is 0.324 e. The Morgan fingerprint density at radius 1 is 1.62 bits per heavy atom. The highest BCUT2D eigenvalue weighted by Crippen LogP contribution is 2.17. The van der Waals surface area contributed by atoms with Crippen molar-refractivity contribution < 1.29 is 9.59 Å². The number of carbonyl (C=O) groups excluding carboxylic acids is 2. The molecule has 1 N–H and O–H groups in total. The summed E-state index contributed by atoms with van der Waals surface area (Å²) in [5.74, 6) is -0.248. The summed E-state index contributed by atoms with van der Waals surface area (Å²) in [6.45, 7) is 3.61. The number of carbonyl (C=O) groups is 2. The van der Waals surface area contributed by atoms with E-state index in [0.29, 0.717) is 25.3 Å². The quantitative estimate of drug-likeness (QED) is 0.894. The molecular weight excluding hydrogens is 274 g/mol. The molecule has 6 heteroatoms. The zero-order chi connectivity index (χ0) is 11.7. The van der Waals surface area contributed by atoms with Crippen molar-refractivity contribution in [2.45, 2.75) is 13.5 Å². The van der Waals surface area contributed by atoms with E-state index in [1.165, 1.54) is 4.90 Å². The molecule has 16 heavy (non-hydrogen) atoms. The molecule has 0 atom stereocenters. The minimum absolute atomic E-state index is 0.248. The van der Waals surface area contributed by atoms with E-state index in [1.807, 2.05) is 17.7 Å². The number of amides is 3. The van der Waals surface area contributed by atoms with Crippen molar-refractivity contribution >= 4 is 27.9 Å². The van der Waals surface area contributed by atoms with Crippen molar-refractivity contribution in [2.75, 3.05) is 13.1 Å². The van der Waals surface area contributed by atoms with Crippen LogP contribution >= 0.6 is 15.9 Å². The van der Waals surface area contributed by atoms with Gasteiger partial charge in [0.05, 0.1) is 0 Å². The molecule has 1 saturated heterocycles. The van der Waals surface area contributed by atoms with E-state index < -0.39 is 0 Å². The highest BCUT2D eigenvalue weighted by atomic mass is 79.9. The lowest BCUT2D eigenvalue weighted by Crippen LogP contribution is -2.35. The molecule has 0 spiro atoms. The summed E-state index contributed by atoms with van der Waals surface area (Å²) in [6, 6.07) is 1.42. The molecule has 0 aromatic carbocycles. The second kappa shape index (κ2) is 4.29. The summed E-state index contributed by atoms with van der Waals surface area (Å²) < 4.78 is 2.66. The van der Waals surface area contributed by atoms with E-state index in [0.717, 1.165) is 4.47 Å². The van der Waals surface area contributed by atoms with Crippen molar-refractivity contribution in [3.63, 3.8) is 0 Å². The number of hydrogen-bond donors (Lipinski definition) is 1. The van der Waals surface area contributed by atoms with Gasteiger partial charge in [-0.05, 0) is 28.9 Å². The molecule has 0 radical (unpaired) electrons. The van der Waals surface area contributed by atoms with Gasteiger partial charge in [0.2, 0.25) is 0 Å². The second-order valence-corrected chi connectivity index (χ2v) is 4.43. The van der Waals surface area contributed by atoms with Crippen molar-refractivity contribution in [3.8, 4) is 0 Å². The minimum Gasteiger partial charge on any atom is -0.343 e. The summed E-state index contributed by atoms with van der Waals surface area (Å²) in [5, 5.41) is 2.61. The van der Waals surface area contributed by atoms with Gasteiger partial charge in [-0.1, -0.05) is 0 Å². The van der Waals surface area contributed by atoms with Crippen LogP contribution in [0.4, 0.5) is 4.79 Å². The molecule has 0 bridgehead atoms. The van der Waals surface area contributed by atoms with Crippen molar-refractivity contribution in [2.24, 2.45) is 0 Å². The number of hydrogen-bond acceptors (Lipinski definition) is 2. The fraction of sp³-hybridized carbons (Fsp3) is 0.400. The first-order valence-corrected chi connectivity index (χ1v) is 5.88. The molecule has 0 aliphatic carbocycles. The summed E-state index contributed by atoms with van der Waals surface area (Å²) in [7, 11) is 0. The maximum atomic E-state index is 12.1. The SMILES string of the molecule is CCn1cc(Br)cc1C(=O)N1CCNC1=O. The van der Waals surface area contributed by atoms with Crippen LogP contribution in [0.2, 0.25) is 0 Å². The van der Waals surface area contributed by atoms with E-state index in [9.17, 15) is 9.59 Å². The van der Waals surface area contributed by atoms with Gasteiger partial charge in [-0.2, -0.15) is 0 Å². The van der Waals surface area contributed by atoms with E-state index in [1.54, 1.807) is 6.07 Å². The second-order valence-electron chi connectivity index (χ2n) is 3.52. The van der Waals surface area contributed by atoms with Crippen molar-refractivity contribution in [1.29, 1.82) is 0 Å². The van der Waals surface area contributed by atoms with E-state index in [2.05, 4.69) is 21.2 Å². The van der Waals surface area contributed by atoms with Crippen LogP contribution in [0.5, 0.6) is 0 Å². The number of rotatable bonds is 2. The van der Waals surface area contributed by atoms with Crippen LogP contribution < -0.4 is 5.32 Å². The number of halogens is 1. The van der Waals surface area contributed by atoms with Gasteiger partial charge in [0.25, 0.3) is 5.91 Å². The van der Waals surface area contributed by atoms with Crippen LogP contribution in [-0.2, 0) is 6.54 Å². The fourth-order valence-electron chi connectivity index (χ4n) is 1.72. The minimum atomic E-state index is -0.315. The Labute approximate surface area is 102 Å². The summed E-state index contributed by atoms with van der Waals surface area (Å²) >= 11 is 3.32. The third-order valence-electron chi connectivity index (χ3n) is 2.52. The standard InChI is InChI=1S/C10H12BrN3O2/c1-2-13-6-7(11)5-8(13)9(15)14-4-3-12-10(14)16/h5-6H,2-4H2,1H3,(H,12,16). The van der Waals surface area contributed by atoms with Gasteiger partial charge in [0.15, 0.2) is 0 Å². The third kappa shape index (κ3) is 1.84. The Morgan fingerprint density at radius 2 is 2.38 bits per heavy atom. The van der Waals surface area contributed by atoms with Gasteiger partial charge in [0.1, 0.15) is 5.69 Å². The van der Waals surface area contributed by atoms with Gasteiger partial charge >= 0.3 is 6.03 Å². The lowest BCUT2D eigenvalue weighted by molar-refractivity contribution is 0.0819. The highest BCUT2D eigenvalue weighted by molar-refractivity contribution is 9.10. The Balaban J connectivity index is 2.29. The average Bonchev–Trinajstić information content (AvgIpc) is 2.83. The summed E-state index contributed by atoms with van der Waals surface area (Å²) in [4.78, 5) is 24.7. The monoisotopic (exact) mass is 285 g/mol. The topological polar surface area (TPSA) is 54.3 Å². The first kappa shape index (κ1) is 11.2. The maximum Gasteiger partial charge on any atom is 0.324 e. The number of urea groups is 1. The van der Waals surface area contributed by atoms with E-state index in [4.69, 9.17) is 0 Å². The molecule has 1 aromatic rings. The highest BCUT2D eigenvalue weighted by Gasteiger charge is 2.28. The molecule has 1 aliphatic heterocycles. The number of nitrogens with zero attached hydrogens (tertiary/aromatic N) is 2. The zero-order valence-electron chi connectivity index (χ0n) is 8.86. The van der Waals surface area contributed by atoms with E-state index >= 15 is 0 Å². The van der Waals surface area contributed by atoms with Gasteiger partial charge in [0, 0.05) is 30.3 Å². The van der Waals surface area contributed by atoms with Gasteiger partial charge < -0.3 is 9.88 Å². The summed E-state index contributed by atoms with van der Waals surface area (Å²) in [5.41, 5.74) is 0.534. The molecule has 1 aliphatic rings. The number of aryl methyl sites for hydroxylation is 1. The molecule has 86 valence electrons.